The maximum Gasteiger partial charge on any atom is 0.0140 e. The summed E-state index contributed by atoms with van der Waals surface area (Å²) in [6, 6.07) is 10.5. The molecule has 0 fully saturated rings. The van der Waals surface area contributed by atoms with Gasteiger partial charge in [0, 0.05) is 13.1 Å². The third-order valence-corrected chi connectivity index (χ3v) is 1.68. The van der Waals surface area contributed by atoms with Gasteiger partial charge in [-0.05, 0) is 12.0 Å². The number of rotatable bonds is 5. The van der Waals surface area contributed by atoms with Crippen molar-refractivity contribution in [2.24, 2.45) is 0 Å². The second-order valence-electron chi connectivity index (χ2n) is 2.69. The highest BCUT2D eigenvalue weighted by Gasteiger charge is 1.88. The Morgan fingerprint density at radius 1 is 1.08 bits per heavy atom. The third kappa shape index (κ3) is 3.51. The summed E-state index contributed by atoms with van der Waals surface area (Å²) in [6.45, 7) is 4.03. The number of hydrazine groups is 1. The molecule has 2 heteroatoms. The minimum atomic E-state index is 0.967. The van der Waals surface area contributed by atoms with Crippen molar-refractivity contribution in [2.75, 3.05) is 13.1 Å². The van der Waals surface area contributed by atoms with E-state index in [4.69, 9.17) is 0 Å². The second-order valence-corrected chi connectivity index (χ2v) is 2.69. The van der Waals surface area contributed by atoms with Gasteiger partial charge in [-0.2, -0.15) is 0 Å². The van der Waals surface area contributed by atoms with Gasteiger partial charge < -0.3 is 0 Å². The lowest BCUT2D eigenvalue weighted by Gasteiger charge is -2.03. The summed E-state index contributed by atoms with van der Waals surface area (Å²) in [4.78, 5) is 0. The van der Waals surface area contributed by atoms with Crippen LogP contribution in [0.2, 0.25) is 0 Å². The van der Waals surface area contributed by atoms with Crippen molar-refractivity contribution in [3.8, 4) is 0 Å². The lowest BCUT2D eigenvalue weighted by Crippen LogP contribution is -2.32. The van der Waals surface area contributed by atoms with Gasteiger partial charge in [0.05, 0.1) is 0 Å². The molecule has 0 amide bonds. The maximum atomic E-state index is 3.13. The molecule has 0 atom stereocenters. The average Bonchev–Trinajstić information content (AvgIpc) is 2.14. The highest BCUT2D eigenvalue weighted by molar-refractivity contribution is 5.14. The number of benzene rings is 1. The Balaban J connectivity index is 2.16. The predicted octanol–water partition coefficient (Wildman–Crippen LogP) is 1.34. The second kappa shape index (κ2) is 5.75. The van der Waals surface area contributed by atoms with Crippen LogP contribution >= 0.6 is 0 Å². The van der Waals surface area contributed by atoms with E-state index in [0.717, 1.165) is 19.5 Å². The summed E-state index contributed by atoms with van der Waals surface area (Å²) >= 11 is 0. The van der Waals surface area contributed by atoms with E-state index in [1.807, 2.05) is 6.07 Å². The molecule has 0 heterocycles. The van der Waals surface area contributed by atoms with Crippen LogP contribution in [0.4, 0.5) is 0 Å². The molecule has 0 spiro atoms. The Morgan fingerprint density at radius 3 is 2.50 bits per heavy atom. The zero-order valence-corrected chi connectivity index (χ0v) is 7.51. The quantitative estimate of drug-likeness (QED) is 0.507. The zero-order valence-electron chi connectivity index (χ0n) is 7.51. The van der Waals surface area contributed by atoms with Gasteiger partial charge >= 0.3 is 0 Å². The van der Waals surface area contributed by atoms with Gasteiger partial charge in [0.15, 0.2) is 0 Å². The topological polar surface area (TPSA) is 24.1 Å². The van der Waals surface area contributed by atoms with E-state index in [9.17, 15) is 0 Å². The van der Waals surface area contributed by atoms with Crippen LogP contribution in [0.5, 0.6) is 0 Å². The van der Waals surface area contributed by atoms with Crippen LogP contribution < -0.4 is 10.9 Å². The van der Waals surface area contributed by atoms with Gasteiger partial charge in [-0.15, -0.1) is 0 Å². The molecule has 0 saturated heterocycles. The summed E-state index contributed by atoms with van der Waals surface area (Å²) in [5.41, 5.74) is 7.58. The van der Waals surface area contributed by atoms with Crippen molar-refractivity contribution in [3.05, 3.63) is 35.9 Å². The molecule has 1 aromatic rings. The minimum Gasteiger partial charge on any atom is -0.258 e. The van der Waals surface area contributed by atoms with Gasteiger partial charge in [0.1, 0.15) is 0 Å². The van der Waals surface area contributed by atoms with Gasteiger partial charge in [-0.25, -0.2) is 0 Å². The largest absolute Gasteiger partial charge is 0.258 e. The van der Waals surface area contributed by atoms with E-state index in [2.05, 4.69) is 42.0 Å². The van der Waals surface area contributed by atoms with E-state index < -0.39 is 0 Å². The fourth-order valence-electron chi connectivity index (χ4n) is 1.06. The van der Waals surface area contributed by atoms with Crippen molar-refractivity contribution in [2.45, 2.75) is 13.3 Å². The van der Waals surface area contributed by atoms with Crippen LogP contribution in [0.25, 0.3) is 0 Å². The Hall–Kier alpha value is -0.860. The van der Waals surface area contributed by atoms with Gasteiger partial charge in [-0.1, -0.05) is 37.3 Å². The molecule has 0 radical (unpaired) electrons. The van der Waals surface area contributed by atoms with Gasteiger partial charge in [0.2, 0.25) is 0 Å². The lowest BCUT2D eigenvalue weighted by molar-refractivity contribution is 0.553. The molecule has 0 aliphatic heterocycles. The van der Waals surface area contributed by atoms with Gasteiger partial charge in [-0.3, -0.25) is 10.9 Å². The molecular formula is C10H16N2. The molecule has 0 aromatic heterocycles. The molecule has 0 aliphatic rings. The molecule has 0 aliphatic carbocycles. The monoisotopic (exact) mass is 164 g/mol. The van der Waals surface area contributed by atoms with E-state index >= 15 is 0 Å². The molecule has 2 N–H and O–H groups in total. The van der Waals surface area contributed by atoms with Crippen molar-refractivity contribution in [1.29, 1.82) is 0 Å². The first-order valence-electron chi connectivity index (χ1n) is 4.43. The number of hydrogen-bond donors (Lipinski definition) is 2. The van der Waals surface area contributed by atoms with Crippen LogP contribution in [0, 0.1) is 0 Å². The smallest absolute Gasteiger partial charge is 0.0140 e. The normalized spacial score (nSPS) is 10.1. The fourth-order valence-corrected chi connectivity index (χ4v) is 1.06. The van der Waals surface area contributed by atoms with Crippen LogP contribution in [0.15, 0.2) is 30.3 Å². The van der Waals surface area contributed by atoms with Crippen molar-refractivity contribution in [3.63, 3.8) is 0 Å². The number of nitrogens with one attached hydrogen (secondary N) is 2. The molecule has 12 heavy (non-hydrogen) atoms. The van der Waals surface area contributed by atoms with Crippen molar-refractivity contribution < 1.29 is 0 Å². The van der Waals surface area contributed by atoms with E-state index in [1.54, 1.807) is 0 Å². The van der Waals surface area contributed by atoms with Crippen LogP contribution in [-0.2, 0) is 6.42 Å². The maximum absolute atomic E-state index is 3.13. The minimum absolute atomic E-state index is 0.967. The van der Waals surface area contributed by atoms with E-state index in [-0.39, 0.29) is 0 Å². The SMILES string of the molecule is CCNNCCc1ccccc1. The number of hydrogen-bond acceptors (Lipinski definition) is 2. The first-order chi connectivity index (χ1) is 5.93. The Morgan fingerprint density at radius 2 is 1.83 bits per heavy atom. The standard InChI is InChI=1S/C10H16N2/c1-2-11-12-9-8-10-6-4-3-5-7-10/h3-7,11-12H,2,8-9H2,1H3. The molecule has 66 valence electrons. The summed E-state index contributed by atoms with van der Waals surface area (Å²) in [7, 11) is 0. The molecular weight excluding hydrogens is 148 g/mol. The summed E-state index contributed by atoms with van der Waals surface area (Å²) < 4.78 is 0. The summed E-state index contributed by atoms with van der Waals surface area (Å²) in [6.07, 6.45) is 1.08. The summed E-state index contributed by atoms with van der Waals surface area (Å²) in [5.74, 6) is 0. The zero-order chi connectivity index (χ0) is 8.65. The Labute approximate surface area is 74.0 Å². The molecule has 1 rings (SSSR count). The molecule has 0 unspecified atom stereocenters. The first kappa shape index (κ1) is 9.23. The highest BCUT2D eigenvalue weighted by Crippen LogP contribution is 1.97. The van der Waals surface area contributed by atoms with E-state index in [0.29, 0.717) is 0 Å². The molecule has 0 saturated carbocycles. The molecule has 2 nitrogen and oxygen atoms in total. The van der Waals surface area contributed by atoms with Crippen molar-refractivity contribution >= 4 is 0 Å². The van der Waals surface area contributed by atoms with Gasteiger partial charge in [0.25, 0.3) is 0 Å². The van der Waals surface area contributed by atoms with Crippen LogP contribution in [-0.4, -0.2) is 13.1 Å². The van der Waals surface area contributed by atoms with E-state index in [1.165, 1.54) is 5.56 Å². The Bertz CT molecular complexity index is 196. The first-order valence-corrected chi connectivity index (χ1v) is 4.43. The van der Waals surface area contributed by atoms with Crippen LogP contribution in [0.3, 0.4) is 0 Å². The van der Waals surface area contributed by atoms with Crippen molar-refractivity contribution in [1.82, 2.24) is 10.9 Å². The summed E-state index contributed by atoms with van der Waals surface area (Å²) in [5, 5.41) is 0. The molecule has 1 aromatic carbocycles. The fraction of sp³-hybridized carbons (Fsp3) is 0.400. The van der Waals surface area contributed by atoms with Crippen LogP contribution in [0.1, 0.15) is 12.5 Å². The Kier molecular flexibility index (Phi) is 4.42. The average molecular weight is 164 g/mol. The highest BCUT2D eigenvalue weighted by atomic mass is 15.3. The molecule has 0 bridgehead atoms. The lowest BCUT2D eigenvalue weighted by atomic mass is 10.2. The predicted molar refractivity (Wildman–Crippen MR) is 51.8 cm³/mol. The third-order valence-electron chi connectivity index (χ3n) is 1.68.